The van der Waals surface area contributed by atoms with Gasteiger partial charge >= 0.3 is 0 Å². The maximum atomic E-state index is 13.5. The molecule has 0 spiro atoms. The van der Waals surface area contributed by atoms with Crippen molar-refractivity contribution in [2.24, 2.45) is 0 Å². The van der Waals surface area contributed by atoms with Crippen molar-refractivity contribution in [2.75, 3.05) is 5.32 Å². The van der Waals surface area contributed by atoms with Crippen molar-refractivity contribution in [3.8, 4) is 11.4 Å². The second-order valence-corrected chi connectivity index (χ2v) is 5.45. The summed E-state index contributed by atoms with van der Waals surface area (Å²) < 4.78 is 26.5. The third-order valence-electron chi connectivity index (χ3n) is 2.99. The predicted molar refractivity (Wildman–Crippen MR) is 87.1 cm³/mol. The molecular weight excluding hydrogens is 343 g/mol. The van der Waals surface area contributed by atoms with Crippen molar-refractivity contribution in [3.63, 3.8) is 0 Å². The SMILES string of the molecule is Fc1ccc(-c2nc(Cl)cc(Nc3ccc(Cl)c(F)c3)n2)cc1. The molecule has 0 atom stereocenters. The van der Waals surface area contributed by atoms with Gasteiger partial charge in [-0.2, -0.15) is 0 Å². The molecule has 0 aliphatic carbocycles. The first-order chi connectivity index (χ1) is 11.0. The van der Waals surface area contributed by atoms with Crippen LogP contribution >= 0.6 is 23.2 Å². The van der Waals surface area contributed by atoms with Gasteiger partial charge in [-0.1, -0.05) is 23.2 Å². The molecule has 0 bridgehead atoms. The molecule has 0 fully saturated rings. The van der Waals surface area contributed by atoms with Crippen LogP contribution in [0.3, 0.4) is 0 Å². The second kappa shape index (κ2) is 6.48. The number of anilines is 2. The van der Waals surface area contributed by atoms with Gasteiger partial charge in [-0.05, 0) is 42.5 Å². The summed E-state index contributed by atoms with van der Waals surface area (Å²) in [5.74, 6) is -0.193. The standard InChI is InChI=1S/C16H9Cl2F2N3/c17-12-6-5-11(7-13(12)20)21-15-8-14(18)22-16(23-15)9-1-3-10(19)4-2-9/h1-8H,(H,21,22,23). The Kier molecular flexibility index (Phi) is 4.41. The first kappa shape index (κ1) is 15.6. The summed E-state index contributed by atoms with van der Waals surface area (Å²) in [5.41, 5.74) is 1.07. The number of benzene rings is 2. The average molecular weight is 352 g/mol. The fraction of sp³-hybridized carbons (Fsp3) is 0. The quantitative estimate of drug-likeness (QED) is 0.635. The molecule has 0 amide bonds. The van der Waals surface area contributed by atoms with Gasteiger partial charge in [0.15, 0.2) is 5.82 Å². The number of hydrogen-bond donors (Lipinski definition) is 1. The summed E-state index contributed by atoms with van der Waals surface area (Å²) in [7, 11) is 0. The van der Waals surface area contributed by atoms with Crippen LogP contribution in [0.25, 0.3) is 11.4 Å². The molecule has 7 heteroatoms. The van der Waals surface area contributed by atoms with Crippen LogP contribution in [-0.2, 0) is 0 Å². The summed E-state index contributed by atoms with van der Waals surface area (Å²) in [6.45, 7) is 0. The molecular formula is C16H9Cl2F2N3. The van der Waals surface area contributed by atoms with E-state index in [0.717, 1.165) is 0 Å². The molecule has 23 heavy (non-hydrogen) atoms. The predicted octanol–water partition coefficient (Wildman–Crippen LogP) is 5.47. The van der Waals surface area contributed by atoms with Crippen LogP contribution in [0.1, 0.15) is 0 Å². The van der Waals surface area contributed by atoms with Gasteiger partial charge < -0.3 is 5.32 Å². The second-order valence-electron chi connectivity index (χ2n) is 4.66. The van der Waals surface area contributed by atoms with Crippen molar-refractivity contribution in [3.05, 3.63) is 70.3 Å². The molecule has 0 aliphatic heterocycles. The Hall–Kier alpha value is -2.24. The zero-order valence-corrected chi connectivity index (χ0v) is 13.0. The molecule has 3 rings (SSSR count). The van der Waals surface area contributed by atoms with E-state index >= 15 is 0 Å². The highest BCUT2D eigenvalue weighted by molar-refractivity contribution is 6.30. The van der Waals surface area contributed by atoms with Gasteiger partial charge in [0.1, 0.15) is 22.6 Å². The van der Waals surface area contributed by atoms with Gasteiger partial charge in [0, 0.05) is 17.3 Å². The van der Waals surface area contributed by atoms with Crippen LogP contribution in [0.15, 0.2) is 48.5 Å². The number of nitrogens with zero attached hydrogens (tertiary/aromatic N) is 2. The van der Waals surface area contributed by atoms with Gasteiger partial charge in [0.05, 0.1) is 5.02 Å². The highest BCUT2D eigenvalue weighted by Gasteiger charge is 2.08. The number of nitrogens with one attached hydrogen (secondary N) is 1. The van der Waals surface area contributed by atoms with E-state index < -0.39 is 5.82 Å². The fourth-order valence-corrected chi connectivity index (χ4v) is 2.23. The van der Waals surface area contributed by atoms with Gasteiger partial charge in [0.25, 0.3) is 0 Å². The summed E-state index contributed by atoms with van der Waals surface area (Å²) >= 11 is 11.6. The largest absolute Gasteiger partial charge is 0.340 e. The Bertz CT molecular complexity index is 854. The third-order valence-corrected chi connectivity index (χ3v) is 3.49. The topological polar surface area (TPSA) is 37.8 Å². The van der Waals surface area contributed by atoms with Crippen molar-refractivity contribution < 1.29 is 8.78 Å². The molecule has 3 aromatic rings. The minimum Gasteiger partial charge on any atom is -0.340 e. The lowest BCUT2D eigenvalue weighted by atomic mass is 10.2. The minimum absolute atomic E-state index is 0.0308. The van der Waals surface area contributed by atoms with Crippen molar-refractivity contribution >= 4 is 34.7 Å². The zero-order chi connectivity index (χ0) is 16.4. The number of rotatable bonds is 3. The Morgan fingerprint density at radius 2 is 1.61 bits per heavy atom. The van der Waals surface area contributed by atoms with Gasteiger partial charge in [0.2, 0.25) is 0 Å². The van der Waals surface area contributed by atoms with Crippen LogP contribution in [0.2, 0.25) is 10.2 Å². The van der Waals surface area contributed by atoms with Crippen molar-refractivity contribution in [1.29, 1.82) is 0 Å². The number of halogens is 4. The van der Waals surface area contributed by atoms with Crippen LogP contribution in [0.5, 0.6) is 0 Å². The molecule has 2 aromatic carbocycles. The van der Waals surface area contributed by atoms with E-state index in [2.05, 4.69) is 15.3 Å². The summed E-state index contributed by atoms with van der Waals surface area (Å²) in [4.78, 5) is 8.40. The summed E-state index contributed by atoms with van der Waals surface area (Å²) in [5, 5.41) is 3.16. The monoisotopic (exact) mass is 351 g/mol. The number of hydrogen-bond acceptors (Lipinski definition) is 3. The van der Waals surface area contributed by atoms with Crippen LogP contribution in [0.4, 0.5) is 20.3 Å². The first-order valence-corrected chi connectivity index (χ1v) is 7.29. The minimum atomic E-state index is -0.546. The first-order valence-electron chi connectivity index (χ1n) is 6.54. The maximum absolute atomic E-state index is 13.5. The van der Waals surface area contributed by atoms with Crippen LogP contribution in [-0.4, -0.2) is 9.97 Å². The molecule has 0 saturated heterocycles. The van der Waals surface area contributed by atoms with Gasteiger partial charge in [-0.3, -0.25) is 0 Å². The Morgan fingerprint density at radius 3 is 2.30 bits per heavy atom. The smallest absolute Gasteiger partial charge is 0.163 e. The Balaban J connectivity index is 1.93. The normalized spacial score (nSPS) is 10.6. The highest BCUT2D eigenvalue weighted by Crippen LogP contribution is 2.25. The van der Waals surface area contributed by atoms with E-state index in [9.17, 15) is 8.78 Å². The lowest BCUT2D eigenvalue weighted by Crippen LogP contribution is -1.98. The lowest BCUT2D eigenvalue weighted by molar-refractivity contribution is 0.628. The lowest BCUT2D eigenvalue weighted by Gasteiger charge is -2.08. The van der Waals surface area contributed by atoms with Gasteiger partial charge in [-0.25, -0.2) is 18.7 Å². The van der Waals surface area contributed by atoms with E-state index in [0.29, 0.717) is 22.9 Å². The summed E-state index contributed by atoms with van der Waals surface area (Å²) in [6.07, 6.45) is 0. The molecule has 116 valence electrons. The highest BCUT2D eigenvalue weighted by atomic mass is 35.5. The molecule has 1 aromatic heterocycles. The van der Waals surface area contributed by atoms with Crippen LogP contribution < -0.4 is 5.32 Å². The van der Waals surface area contributed by atoms with E-state index in [1.807, 2.05) is 0 Å². The van der Waals surface area contributed by atoms with Gasteiger partial charge in [-0.15, -0.1) is 0 Å². The molecule has 0 aliphatic rings. The van der Waals surface area contributed by atoms with Crippen LogP contribution in [0, 0.1) is 11.6 Å². The third kappa shape index (κ3) is 3.75. The molecule has 3 nitrogen and oxygen atoms in total. The van der Waals surface area contributed by atoms with E-state index in [4.69, 9.17) is 23.2 Å². The Morgan fingerprint density at radius 1 is 0.870 bits per heavy atom. The molecule has 1 N–H and O–H groups in total. The molecule has 1 heterocycles. The average Bonchev–Trinajstić information content (AvgIpc) is 2.51. The Labute approximate surface area is 140 Å². The molecule has 0 unspecified atom stereocenters. The van der Waals surface area contributed by atoms with E-state index in [1.54, 1.807) is 18.2 Å². The molecule has 0 radical (unpaired) electrons. The zero-order valence-electron chi connectivity index (χ0n) is 11.5. The fourth-order valence-electron chi connectivity index (χ4n) is 1.93. The van der Waals surface area contributed by atoms with Crippen molar-refractivity contribution in [1.82, 2.24) is 9.97 Å². The number of aromatic nitrogens is 2. The van der Waals surface area contributed by atoms with Crippen molar-refractivity contribution in [2.45, 2.75) is 0 Å². The summed E-state index contributed by atoms with van der Waals surface area (Å²) in [6, 6.07) is 11.5. The van der Waals surface area contributed by atoms with E-state index in [1.165, 1.54) is 30.3 Å². The molecule has 0 saturated carbocycles. The maximum Gasteiger partial charge on any atom is 0.163 e. The van der Waals surface area contributed by atoms with E-state index in [-0.39, 0.29) is 16.0 Å².